The van der Waals surface area contributed by atoms with E-state index in [1.54, 1.807) is 13.1 Å². The molecular weight excluding hydrogens is 392 g/mol. The number of carbonyl (C=O) groups excluding carboxylic acids is 2. The molecule has 4 rings (SSSR count). The van der Waals surface area contributed by atoms with E-state index < -0.39 is 0 Å². The number of likely N-dealkylation sites (tertiary alicyclic amines) is 1. The van der Waals surface area contributed by atoms with Gasteiger partial charge in [-0.2, -0.15) is 0 Å². The maximum Gasteiger partial charge on any atom is 0.269 e. The van der Waals surface area contributed by atoms with Crippen molar-refractivity contribution >= 4 is 29.4 Å². The highest BCUT2D eigenvalue weighted by molar-refractivity contribution is 5.95. The van der Waals surface area contributed by atoms with Gasteiger partial charge in [0.2, 0.25) is 0 Å². The highest BCUT2D eigenvalue weighted by Crippen LogP contribution is 2.30. The topological polar surface area (TPSA) is 99.6 Å². The van der Waals surface area contributed by atoms with Gasteiger partial charge in [-0.3, -0.25) is 14.7 Å². The lowest BCUT2D eigenvalue weighted by molar-refractivity contribution is -0.107. The van der Waals surface area contributed by atoms with E-state index in [-0.39, 0.29) is 5.91 Å². The molecule has 31 heavy (non-hydrogen) atoms. The number of pyridine rings is 2. The number of aldehydes is 1. The summed E-state index contributed by atoms with van der Waals surface area (Å²) in [5, 5.41) is 5.98. The number of carbonyl (C=O) groups is 2. The van der Waals surface area contributed by atoms with E-state index in [0.717, 1.165) is 50.2 Å². The van der Waals surface area contributed by atoms with Gasteiger partial charge in [-0.1, -0.05) is 6.07 Å². The zero-order chi connectivity index (χ0) is 21.6. The maximum atomic E-state index is 11.7. The van der Waals surface area contributed by atoms with Crippen LogP contribution in [0.1, 0.15) is 53.2 Å². The van der Waals surface area contributed by atoms with Crippen LogP contribution in [0.25, 0.3) is 0 Å². The predicted molar refractivity (Wildman–Crippen MR) is 120 cm³/mol. The Balaban J connectivity index is 1.32. The van der Waals surface area contributed by atoms with Gasteiger partial charge in [0.05, 0.1) is 12.2 Å². The van der Waals surface area contributed by atoms with Crippen LogP contribution in [0.15, 0.2) is 35.6 Å². The Kier molecular flexibility index (Phi) is 6.66. The second-order valence-corrected chi connectivity index (χ2v) is 8.06. The van der Waals surface area contributed by atoms with E-state index in [9.17, 15) is 9.59 Å². The Morgan fingerprint density at radius 3 is 2.81 bits per heavy atom. The van der Waals surface area contributed by atoms with Crippen molar-refractivity contribution in [2.24, 2.45) is 4.99 Å². The molecule has 0 bridgehead atoms. The molecule has 1 saturated heterocycles. The Labute approximate surface area is 182 Å². The highest BCUT2D eigenvalue weighted by atomic mass is 16.1. The molecule has 0 spiro atoms. The van der Waals surface area contributed by atoms with Crippen LogP contribution in [-0.4, -0.2) is 59.5 Å². The van der Waals surface area contributed by atoms with E-state index in [1.165, 1.54) is 11.1 Å². The number of hydrogen-bond donors (Lipinski definition) is 2. The molecule has 2 aromatic rings. The Morgan fingerprint density at radius 2 is 2.10 bits per heavy atom. The van der Waals surface area contributed by atoms with Gasteiger partial charge in [0.25, 0.3) is 5.91 Å². The van der Waals surface area contributed by atoms with Crippen LogP contribution in [-0.2, 0) is 11.3 Å². The van der Waals surface area contributed by atoms with Crippen LogP contribution in [0.3, 0.4) is 0 Å². The van der Waals surface area contributed by atoms with Gasteiger partial charge >= 0.3 is 0 Å². The van der Waals surface area contributed by atoms with Crippen LogP contribution in [0.5, 0.6) is 0 Å². The molecule has 2 aromatic heterocycles. The van der Waals surface area contributed by atoms with Gasteiger partial charge in [0, 0.05) is 38.1 Å². The normalized spacial score (nSPS) is 16.7. The molecule has 0 atom stereocenters. The molecule has 0 saturated carbocycles. The summed E-state index contributed by atoms with van der Waals surface area (Å²) in [6.07, 6.45) is 7.99. The lowest BCUT2D eigenvalue weighted by atomic mass is 9.90. The molecule has 2 aliphatic rings. The minimum absolute atomic E-state index is 0.155. The number of anilines is 1. The quantitative estimate of drug-likeness (QED) is 0.668. The van der Waals surface area contributed by atoms with Gasteiger partial charge in [0.15, 0.2) is 5.82 Å². The number of nitrogens with zero attached hydrogens (tertiary/aromatic N) is 4. The Morgan fingerprint density at radius 1 is 1.26 bits per heavy atom. The van der Waals surface area contributed by atoms with Crippen LogP contribution in [0.2, 0.25) is 0 Å². The lowest BCUT2D eigenvalue weighted by Crippen LogP contribution is -2.32. The van der Waals surface area contributed by atoms with Crippen molar-refractivity contribution in [1.29, 1.82) is 0 Å². The number of hydrogen-bond acceptors (Lipinski definition) is 7. The Bertz CT molecular complexity index is 965. The van der Waals surface area contributed by atoms with Crippen LogP contribution < -0.4 is 10.6 Å². The van der Waals surface area contributed by atoms with Crippen molar-refractivity contribution in [3.8, 4) is 0 Å². The lowest BCUT2D eigenvalue weighted by Gasteiger charge is -2.32. The van der Waals surface area contributed by atoms with Crippen molar-refractivity contribution in [2.75, 3.05) is 32.0 Å². The maximum absolute atomic E-state index is 11.7. The number of amides is 1. The molecule has 2 N–H and O–H groups in total. The summed E-state index contributed by atoms with van der Waals surface area (Å²) in [6, 6.07) is 5.97. The molecule has 162 valence electrons. The average Bonchev–Trinajstić information content (AvgIpc) is 2.83. The van der Waals surface area contributed by atoms with Crippen molar-refractivity contribution in [3.05, 3.63) is 47.4 Å². The van der Waals surface area contributed by atoms with Gasteiger partial charge in [-0.15, -0.1) is 0 Å². The summed E-state index contributed by atoms with van der Waals surface area (Å²) in [4.78, 5) is 38.1. The van der Waals surface area contributed by atoms with Gasteiger partial charge in [-0.05, 0) is 61.5 Å². The minimum atomic E-state index is -0.155. The summed E-state index contributed by atoms with van der Waals surface area (Å²) in [7, 11) is 1.61. The fourth-order valence-electron chi connectivity index (χ4n) is 4.15. The SMILES string of the molecule is CNC(=O)c1ccc(C2CCN(Cc3cnc4c(c3)NCC(CCC=O)=N4)CC2)cn1. The number of fused-ring (bicyclic) bond motifs is 1. The Hall–Kier alpha value is -3.13. The summed E-state index contributed by atoms with van der Waals surface area (Å²) in [5.41, 5.74) is 4.77. The third kappa shape index (κ3) is 5.14. The average molecular weight is 421 g/mol. The van der Waals surface area contributed by atoms with E-state index in [1.807, 2.05) is 18.5 Å². The monoisotopic (exact) mass is 420 g/mol. The third-order valence-electron chi connectivity index (χ3n) is 5.93. The zero-order valence-electron chi connectivity index (χ0n) is 17.8. The first-order valence-corrected chi connectivity index (χ1v) is 10.8. The number of piperidine rings is 1. The van der Waals surface area contributed by atoms with Crippen LogP contribution in [0.4, 0.5) is 11.5 Å². The smallest absolute Gasteiger partial charge is 0.269 e. The fraction of sp³-hybridized carbons (Fsp3) is 0.435. The fourth-order valence-corrected chi connectivity index (χ4v) is 4.15. The zero-order valence-corrected chi connectivity index (χ0v) is 17.8. The van der Waals surface area contributed by atoms with Crippen LogP contribution in [0, 0.1) is 0 Å². The standard InChI is InChI=1S/C23H28N6O2/c1-24-23(31)20-5-4-18(13-25-20)17-6-8-29(9-7-17)15-16-11-21-22(27-12-16)28-19(14-26-21)3-2-10-30/h4-5,10-13,17,26H,2-3,6-9,14-15H2,1H3,(H,24,31). The second-order valence-electron chi connectivity index (χ2n) is 8.06. The number of aliphatic imine (C=N–C) groups is 1. The summed E-state index contributed by atoms with van der Waals surface area (Å²) >= 11 is 0. The molecule has 0 aliphatic carbocycles. The third-order valence-corrected chi connectivity index (χ3v) is 5.93. The molecule has 1 amide bonds. The largest absolute Gasteiger partial charge is 0.377 e. The predicted octanol–water partition coefficient (Wildman–Crippen LogP) is 2.69. The van der Waals surface area contributed by atoms with Gasteiger partial charge in [-0.25, -0.2) is 9.98 Å². The van der Waals surface area contributed by atoms with Crippen molar-refractivity contribution in [2.45, 2.75) is 38.1 Å². The first-order valence-electron chi connectivity index (χ1n) is 10.8. The van der Waals surface area contributed by atoms with E-state index in [2.05, 4.69) is 36.6 Å². The van der Waals surface area contributed by atoms with Crippen molar-refractivity contribution in [3.63, 3.8) is 0 Å². The van der Waals surface area contributed by atoms with Gasteiger partial charge < -0.3 is 15.4 Å². The minimum Gasteiger partial charge on any atom is -0.377 e. The summed E-state index contributed by atoms with van der Waals surface area (Å²) in [6.45, 7) is 3.56. The van der Waals surface area contributed by atoms with Crippen LogP contribution >= 0.6 is 0 Å². The molecule has 4 heterocycles. The molecule has 8 nitrogen and oxygen atoms in total. The number of nitrogens with one attached hydrogen (secondary N) is 2. The first kappa shape index (κ1) is 21.1. The molecule has 2 aliphatic heterocycles. The number of aromatic nitrogens is 2. The van der Waals surface area contributed by atoms with E-state index in [0.29, 0.717) is 36.8 Å². The molecule has 0 aromatic carbocycles. The highest BCUT2D eigenvalue weighted by Gasteiger charge is 2.22. The van der Waals surface area contributed by atoms with Gasteiger partial charge in [0.1, 0.15) is 12.0 Å². The first-order chi connectivity index (χ1) is 15.2. The number of rotatable bonds is 7. The van der Waals surface area contributed by atoms with E-state index in [4.69, 9.17) is 0 Å². The van der Waals surface area contributed by atoms with Crippen molar-refractivity contribution in [1.82, 2.24) is 20.2 Å². The molecule has 1 fully saturated rings. The summed E-state index contributed by atoms with van der Waals surface area (Å²) in [5.74, 6) is 1.03. The molecule has 0 radical (unpaired) electrons. The van der Waals surface area contributed by atoms with E-state index >= 15 is 0 Å². The summed E-state index contributed by atoms with van der Waals surface area (Å²) < 4.78 is 0. The second kappa shape index (κ2) is 9.78. The molecular formula is C23H28N6O2. The molecule has 0 unspecified atom stereocenters. The van der Waals surface area contributed by atoms with Crippen molar-refractivity contribution < 1.29 is 9.59 Å². The molecule has 8 heteroatoms.